The molecule has 0 radical (unpaired) electrons. The van der Waals surface area contributed by atoms with E-state index < -0.39 is 21.8 Å². The van der Waals surface area contributed by atoms with E-state index in [0.717, 1.165) is 16.3 Å². The summed E-state index contributed by atoms with van der Waals surface area (Å²) < 4.78 is 30.8. The van der Waals surface area contributed by atoms with Gasteiger partial charge in [-0.05, 0) is 55.9 Å². The smallest absolute Gasteiger partial charge is 0.362 e. The Hall–Kier alpha value is -0.973. The van der Waals surface area contributed by atoms with E-state index in [0.29, 0.717) is 13.2 Å². The molecule has 2 aromatic rings. The quantitative estimate of drug-likeness (QED) is 0.427. The van der Waals surface area contributed by atoms with Crippen LogP contribution in [-0.2, 0) is 18.0 Å². The molecule has 2 aromatic carbocycles. The zero-order valence-corrected chi connectivity index (χ0v) is 17.0. The second kappa shape index (κ2) is 7.94. The Morgan fingerprint density at radius 2 is 1.54 bits per heavy atom. The third-order valence-electron chi connectivity index (χ3n) is 3.43. The molecule has 0 aliphatic carbocycles. The highest BCUT2D eigenvalue weighted by Gasteiger charge is 2.40. The first-order valence-electron chi connectivity index (χ1n) is 8.34. The number of hydrogen-bond donors (Lipinski definition) is 0. The normalized spacial score (nSPS) is 14.0. The van der Waals surface area contributed by atoms with Gasteiger partial charge in [0.1, 0.15) is 0 Å². The van der Waals surface area contributed by atoms with Crippen molar-refractivity contribution >= 4 is 26.7 Å². The zero-order valence-electron chi connectivity index (χ0n) is 15.1. The Balaban J connectivity index is 2.52. The lowest BCUT2D eigenvalue weighted by Crippen LogP contribution is -2.28. The average molecular weight is 366 g/mol. The van der Waals surface area contributed by atoms with Crippen LogP contribution >= 0.6 is 7.60 Å². The van der Waals surface area contributed by atoms with E-state index in [1.165, 1.54) is 0 Å². The fourth-order valence-electron chi connectivity index (χ4n) is 2.54. The van der Waals surface area contributed by atoms with Crippen LogP contribution in [0.3, 0.4) is 0 Å². The highest BCUT2D eigenvalue weighted by molar-refractivity contribution is 7.54. The third kappa shape index (κ3) is 4.77. The molecule has 1 unspecified atom stereocenters. The first-order valence-corrected chi connectivity index (χ1v) is 13.4. The average Bonchev–Trinajstić information content (AvgIpc) is 2.52. The molecule has 2 rings (SSSR count). The highest BCUT2D eigenvalue weighted by atomic mass is 31.2. The fourth-order valence-corrected chi connectivity index (χ4v) is 6.41. The first-order chi connectivity index (χ1) is 11.3. The summed E-state index contributed by atoms with van der Waals surface area (Å²) in [5.41, 5.74) is 0.835. The first kappa shape index (κ1) is 19.4. The van der Waals surface area contributed by atoms with Crippen molar-refractivity contribution in [2.24, 2.45) is 0 Å². The summed E-state index contributed by atoms with van der Waals surface area (Å²) in [5, 5.41) is 2.22. The number of fused-ring (bicyclic) bond motifs is 1. The van der Waals surface area contributed by atoms with Gasteiger partial charge in [0.2, 0.25) is 0 Å². The van der Waals surface area contributed by atoms with Crippen molar-refractivity contribution in [3.8, 4) is 0 Å². The lowest BCUT2D eigenvalue weighted by atomic mass is 10.1. The maximum absolute atomic E-state index is 13.4. The summed E-state index contributed by atoms with van der Waals surface area (Å²) in [6, 6.07) is 14.1. The van der Waals surface area contributed by atoms with Crippen molar-refractivity contribution in [3.05, 3.63) is 48.0 Å². The van der Waals surface area contributed by atoms with Crippen LogP contribution in [-0.4, -0.2) is 21.5 Å². The molecule has 0 amide bonds. The van der Waals surface area contributed by atoms with Crippen LogP contribution in [0.1, 0.15) is 25.3 Å². The van der Waals surface area contributed by atoms with Gasteiger partial charge in [0, 0.05) is 0 Å². The summed E-state index contributed by atoms with van der Waals surface area (Å²) in [6.07, 6.45) is 0. The van der Waals surface area contributed by atoms with E-state index in [4.69, 9.17) is 13.5 Å². The molecule has 0 heterocycles. The van der Waals surface area contributed by atoms with E-state index in [1.807, 2.05) is 50.2 Å². The Bertz CT molecular complexity index is 716. The van der Waals surface area contributed by atoms with E-state index in [9.17, 15) is 4.57 Å². The SMILES string of the molecule is CCOP(=O)(OCC)C(O[Si](C)(C)C)c1ccc2ccccc2c1. The van der Waals surface area contributed by atoms with Gasteiger partial charge in [-0.3, -0.25) is 4.57 Å². The number of rotatable bonds is 8. The van der Waals surface area contributed by atoms with E-state index in [-0.39, 0.29) is 0 Å². The fraction of sp³-hybridized carbons (Fsp3) is 0.444. The minimum Gasteiger partial charge on any atom is -0.400 e. The van der Waals surface area contributed by atoms with E-state index in [2.05, 4.69) is 25.7 Å². The lowest BCUT2D eigenvalue weighted by Gasteiger charge is -2.31. The van der Waals surface area contributed by atoms with Gasteiger partial charge in [-0.1, -0.05) is 36.4 Å². The molecule has 24 heavy (non-hydrogen) atoms. The number of benzene rings is 2. The molecule has 0 saturated heterocycles. The minimum atomic E-state index is -3.41. The molecule has 0 spiro atoms. The molecular weight excluding hydrogens is 339 g/mol. The van der Waals surface area contributed by atoms with Gasteiger partial charge in [0.25, 0.3) is 0 Å². The maximum atomic E-state index is 13.4. The largest absolute Gasteiger partial charge is 0.400 e. The van der Waals surface area contributed by atoms with Gasteiger partial charge >= 0.3 is 7.60 Å². The van der Waals surface area contributed by atoms with Crippen molar-refractivity contribution < 1.29 is 18.0 Å². The third-order valence-corrected chi connectivity index (χ3v) is 6.78. The van der Waals surface area contributed by atoms with Gasteiger partial charge in [-0.25, -0.2) is 0 Å². The van der Waals surface area contributed by atoms with Gasteiger partial charge in [0.05, 0.1) is 13.2 Å². The second-order valence-corrected chi connectivity index (χ2v) is 13.1. The Morgan fingerprint density at radius 1 is 0.958 bits per heavy atom. The molecule has 0 N–H and O–H groups in total. The maximum Gasteiger partial charge on any atom is 0.362 e. The Kier molecular flexibility index (Phi) is 6.40. The lowest BCUT2D eigenvalue weighted by molar-refractivity contribution is 0.158. The van der Waals surface area contributed by atoms with Gasteiger partial charge in [-0.2, -0.15) is 0 Å². The van der Waals surface area contributed by atoms with E-state index >= 15 is 0 Å². The van der Waals surface area contributed by atoms with Crippen molar-refractivity contribution in [3.63, 3.8) is 0 Å². The molecule has 0 aromatic heterocycles. The predicted octanol–water partition coefficient (Wildman–Crippen LogP) is 5.96. The predicted molar refractivity (Wildman–Crippen MR) is 102 cm³/mol. The molecule has 0 saturated carbocycles. The van der Waals surface area contributed by atoms with Crippen LogP contribution in [0.5, 0.6) is 0 Å². The van der Waals surface area contributed by atoms with Crippen LogP contribution < -0.4 is 0 Å². The summed E-state index contributed by atoms with van der Waals surface area (Å²) in [5.74, 6) is -0.700. The summed E-state index contributed by atoms with van der Waals surface area (Å²) >= 11 is 0. The van der Waals surface area contributed by atoms with Gasteiger partial charge in [0.15, 0.2) is 14.2 Å². The summed E-state index contributed by atoms with van der Waals surface area (Å²) in [6.45, 7) is 10.5. The standard InChI is InChI=1S/C18H27O4PSi/c1-6-20-23(19,21-7-2)18(22-24(3,4)5)17-13-12-15-10-8-9-11-16(15)14-17/h8-14,18H,6-7H2,1-5H3. The van der Waals surface area contributed by atoms with Crippen molar-refractivity contribution in [2.45, 2.75) is 39.3 Å². The molecule has 0 aliphatic heterocycles. The van der Waals surface area contributed by atoms with Crippen molar-refractivity contribution in [2.75, 3.05) is 13.2 Å². The topological polar surface area (TPSA) is 44.8 Å². The van der Waals surface area contributed by atoms with Crippen molar-refractivity contribution in [1.82, 2.24) is 0 Å². The second-order valence-electron chi connectivity index (χ2n) is 6.56. The van der Waals surface area contributed by atoms with E-state index in [1.54, 1.807) is 0 Å². The minimum absolute atomic E-state index is 0.316. The van der Waals surface area contributed by atoms with Crippen LogP contribution in [0, 0.1) is 0 Å². The van der Waals surface area contributed by atoms with Crippen LogP contribution in [0.15, 0.2) is 42.5 Å². The molecule has 0 aliphatic rings. The monoisotopic (exact) mass is 366 g/mol. The van der Waals surface area contributed by atoms with Crippen LogP contribution in [0.2, 0.25) is 19.6 Å². The molecule has 132 valence electrons. The van der Waals surface area contributed by atoms with Gasteiger partial charge in [-0.15, -0.1) is 0 Å². The molecule has 0 fully saturated rings. The van der Waals surface area contributed by atoms with Crippen LogP contribution in [0.4, 0.5) is 0 Å². The molecule has 6 heteroatoms. The molecule has 0 bridgehead atoms. The van der Waals surface area contributed by atoms with Crippen LogP contribution in [0.25, 0.3) is 10.8 Å². The zero-order chi connectivity index (χ0) is 17.8. The molecule has 1 atom stereocenters. The number of hydrogen-bond acceptors (Lipinski definition) is 4. The van der Waals surface area contributed by atoms with Gasteiger partial charge < -0.3 is 13.5 Å². The summed E-state index contributed by atoms with van der Waals surface area (Å²) in [7, 11) is -5.38. The Labute approximate surface area is 145 Å². The summed E-state index contributed by atoms with van der Waals surface area (Å²) in [4.78, 5) is 0. The molecular formula is C18H27O4PSi. The molecule has 4 nitrogen and oxygen atoms in total. The Morgan fingerprint density at radius 3 is 2.08 bits per heavy atom. The van der Waals surface area contributed by atoms with Crippen molar-refractivity contribution in [1.29, 1.82) is 0 Å². The highest BCUT2D eigenvalue weighted by Crippen LogP contribution is 2.62.